The van der Waals surface area contributed by atoms with E-state index in [1.54, 1.807) is 0 Å². The molecule has 0 aromatic carbocycles. The maximum atomic E-state index is 5.49. The number of methoxy groups -OCH3 is 1. The van der Waals surface area contributed by atoms with Gasteiger partial charge in [-0.25, -0.2) is 0 Å². The molecule has 0 unspecified atom stereocenters. The van der Waals surface area contributed by atoms with Gasteiger partial charge in [0.05, 0.1) is 6.10 Å². The van der Waals surface area contributed by atoms with E-state index in [0.29, 0.717) is 11.6 Å². The van der Waals surface area contributed by atoms with Crippen molar-refractivity contribution in [1.29, 1.82) is 0 Å². The quantitative estimate of drug-likeness (QED) is 0.744. The average Bonchev–Trinajstić information content (AvgIpc) is 2.71. The third kappa shape index (κ3) is 2.91. The summed E-state index contributed by atoms with van der Waals surface area (Å²) in [7, 11) is 1.87. The van der Waals surface area contributed by atoms with Gasteiger partial charge in [-0.05, 0) is 78.2 Å². The monoisotopic (exact) mass is 253 g/mol. The third-order valence-corrected chi connectivity index (χ3v) is 5.33. The van der Waals surface area contributed by atoms with E-state index in [4.69, 9.17) is 4.74 Å². The van der Waals surface area contributed by atoms with E-state index in [-0.39, 0.29) is 0 Å². The molecule has 0 aromatic heterocycles. The molecule has 2 fully saturated rings. The Morgan fingerprint density at radius 2 is 1.61 bits per heavy atom. The van der Waals surface area contributed by atoms with Crippen LogP contribution in [0.15, 0.2) is 0 Å². The highest BCUT2D eigenvalue weighted by molar-refractivity contribution is 4.94. The van der Waals surface area contributed by atoms with Gasteiger partial charge < -0.3 is 4.74 Å². The van der Waals surface area contributed by atoms with E-state index in [2.05, 4.69) is 32.6 Å². The van der Waals surface area contributed by atoms with E-state index in [0.717, 1.165) is 17.9 Å². The molecule has 0 bridgehead atoms. The fraction of sp³-hybridized carbons (Fsp3) is 1.00. The topological polar surface area (TPSA) is 12.5 Å². The molecule has 0 radical (unpaired) electrons. The molecule has 2 aliphatic rings. The molecule has 1 heterocycles. The summed E-state index contributed by atoms with van der Waals surface area (Å²) in [6, 6.07) is 0.758. The molecular formula is C16H31NO. The summed E-state index contributed by atoms with van der Waals surface area (Å²) in [5.41, 5.74) is 0.331. The second-order valence-electron chi connectivity index (χ2n) is 7.33. The van der Waals surface area contributed by atoms with Gasteiger partial charge in [0.2, 0.25) is 0 Å². The normalized spacial score (nSPS) is 39.2. The van der Waals surface area contributed by atoms with Crippen molar-refractivity contribution in [3.63, 3.8) is 0 Å². The van der Waals surface area contributed by atoms with E-state index in [1.807, 2.05) is 7.11 Å². The fourth-order valence-corrected chi connectivity index (χ4v) is 4.29. The molecule has 2 atom stereocenters. The van der Waals surface area contributed by atoms with Gasteiger partial charge in [-0.2, -0.15) is 0 Å². The summed E-state index contributed by atoms with van der Waals surface area (Å²) in [5.74, 6) is 1.86. The average molecular weight is 253 g/mol. The number of hydrogen-bond donors (Lipinski definition) is 0. The van der Waals surface area contributed by atoms with Crippen molar-refractivity contribution >= 4 is 0 Å². The SMILES string of the molecule is COC1CCC([C@@H]2CCN(C(C)(C)C)[C@H]2C)CC1. The molecule has 1 aliphatic heterocycles. The van der Waals surface area contributed by atoms with Gasteiger partial charge in [0.15, 0.2) is 0 Å². The highest BCUT2D eigenvalue weighted by Gasteiger charge is 2.41. The molecule has 106 valence electrons. The number of likely N-dealkylation sites (tertiary alicyclic amines) is 1. The third-order valence-electron chi connectivity index (χ3n) is 5.33. The van der Waals surface area contributed by atoms with Crippen LogP contribution < -0.4 is 0 Å². The van der Waals surface area contributed by atoms with Crippen LogP contribution in [0.4, 0.5) is 0 Å². The predicted molar refractivity (Wildman–Crippen MR) is 76.8 cm³/mol. The minimum atomic E-state index is 0.331. The Hall–Kier alpha value is -0.0800. The standard InChI is InChI=1S/C16H31NO/c1-12-15(10-11-17(12)16(2,3)4)13-6-8-14(18-5)9-7-13/h12-15H,6-11H2,1-5H3/t12-,13?,14?,15+/m0/s1. The highest BCUT2D eigenvalue weighted by Crippen LogP contribution is 2.41. The van der Waals surface area contributed by atoms with Crippen LogP contribution in [0.1, 0.15) is 59.8 Å². The Balaban J connectivity index is 1.92. The van der Waals surface area contributed by atoms with Crippen LogP contribution >= 0.6 is 0 Å². The van der Waals surface area contributed by atoms with E-state index in [9.17, 15) is 0 Å². The van der Waals surface area contributed by atoms with Crippen LogP contribution in [-0.2, 0) is 4.74 Å². The molecule has 0 aromatic rings. The molecule has 1 saturated carbocycles. The van der Waals surface area contributed by atoms with E-state index < -0.39 is 0 Å². The van der Waals surface area contributed by atoms with Crippen molar-refractivity contribution in [1.82, 2.24) is 4.90 Å². The molecule has 2 rings (SSSR count). The zero-order valence-electron chi connectivity index (χ0n) is 12.9. The van der Waals surface area contributed by atoms with Gasteiger partial charge in [-0.15, -0.1) is 0 Å². The van der Waals surface area contributed by atoms with Gasteiger partial charge in [0.25, 0.3) is 0 Å². The van der Waals surface area contributed by atoms with Gasteiger partial charge in [-0.3, -0.25) is 4.90 Å². The van der Waals surface area contributed by atoms with Crippen molar-refractivity contribution in [2.45, 2.75) is 77.5 Å². The number of hydrogen-bond acceptors (Lipinski definition) is 2. The van der Waals surface area contributed by atoms with Crippen LogP contribution in [-0.4, -0.2) is 36.2 Å². The fourth-order valence-electron chi connectivity index (χ4n) is 4.29. The molecule has 2 heteroatoms. The lowest BCUT2D eigenvalue weighted by Crippen LogP contribution is -2.45. The van der Waals surface area contributed by atoms with Crippen molar-refractivity contribution in [3.05, 3.63) is 0 Å². The largest absolute Gasteiger partial charge is 0.381 e. The molecule has 2 nitrogen and oxygen atoms in total. The summed E-state index contributed by atoms with van der Waals surface area (Å²) in [6.45, 7) is 10.8. The second-order valence-corrected chi connectivity index (χ2v) is 7.33. The molecule has 0 amide bonds. The smallest absolute Gasteiger partial charge is 0.0571 e. The Kier molecular flexibility index (Phi) is 4.38. The van der Waals surface area contributed by atoms with Gasteiger partial charge in [0.1, 0.15) is 0 Å². The Morgan fingerprint density at radius 3 is 2.06 bits per heavy atom. The minimum absolute atomic E-state index is 0.331. The van der Waals surface area contributed by atoms with Crippen LogP contribution in [0.2, 0.25) is 0 Å². The zero-order valence-corrected chi connectivity index (χ0v) is 12.9. The summed E-state index contributed by atoms with van der Waals surface area (Å²) in [4.78, 5) is 2.71. The Morgan fingerprint density at radius 1 is 1.00 bits per heavy atom. The first-order chi connectivity index (χ1) is 8.43. The van der Waals surface area contributed by atoms with Gasteiger partial charge in [0, 0.05) is 18.7 Å². The minimum Gasteiger partial charge on any atom is -0.381 e. The summed E-state index contributed by atoms with van der Waals surface area (Å²) in [6.07, 6.45) is 7.26. The summed E-state index contributed by atoms with van der Waals surface area (Å²) >= 11 is 0. The summed E-state index contributed by atoms with van der Waals surface area (Å²) in [5, 5.41) is 0. The van der Waals surface area contributed by atoms with Gasteiger partial charge in [-0.1, -0.05) is 0 Å². The molecule has 0 spiro atoms. The van der Waals surface area contributed by atoms with E-state index in [1.165, 1.54) is 38.6 Å². The first-order valence-corrected chi connectivity index (χ1v) is 7.73. The van der Waals surface area contributed by atoms with Crippen LogP contribution in [0, 0.1) is 11.8 Å². The first kappa shape index (κ1) is 14.3. The van der Waals surface area contributed by atoms with Gasteiger partial charge >= 0.3 is 0 Å². The number of nitrogens with zero attached hydrogens (tertiary/aromatic N) is 1. The van der Waals surface area contributed by atoms with Crippen molar-refractivity contribution in [2.75, 3.05) is 13.7 Å². The molecule has 18 heavy (non-hydrogen) atoms. The molecule has 1 aliphatic carbocycles. The zero-order chi connectivity index (χ0) is 13.3. The summed E-state index contributed by atoms with van der Waals surface area (Å²) < 4.78 is 5.49. The lowest BCUT2D eigenvalue weighted by molar-refractivity contribution is 0.0372. The Labute approximate surface area is 113 Å². The first-order valence-electron chi connectivity index (χ1n) is 7.73. The molecule has 0 N–H and O–H groups in total. The second kappa shape index (κ2) is 5.50. The maximum Gasteiger partial charge on any atom is 0.0571 e. The number of rotatable bonds is 2. The lowest BCUT2D eigenvalue weighted by Gasteiger charge is -2.39. The highest BCUT2D eigenvalue weighted by atomic mass is 16.5. The molecular weight excluding hydrogens is 222 g/mol. The van der Waals surface area contributed by atoms with Crippen LogP contribution in [0.3, 0.4) is 0 Å². The Bertz CT molecular complexity index is 263. The number of ether oxygens (including phenoxy) is 1. The van der Waals surface area contributed by atoms with Crippen molar-refractivity contribution in [2.24, 2.45) is 11.8 Å². The van der Waals surface area contributed by atoms with E-state index >= 15 is 0 Å². The predicted octanol–water partition coefficient (Wildman–Crippen LogP) is 3.70. The molecule has 1 saturated heterocycles. The lowest BCUT2D eigenvalue weighted by atomic mass is 9.76. The van der Waals surface area contributed by atoms with Crippen LogP contribution in [0.5, 0.6) is 0 Å². The van der Waals surface area contributed by atoms with Crippen molar-refractivity contribution < 1.29 is 4.74 Å². The maximum absolute atomic E-state index is 5.49. The van der Waals surface area contributed by atoms with Crippen molar-refractivity contribution in [3.8, 4) is 0 Å². The van der Waals surface area contributed by atoms with Crippen LogP contribution in [0.25, 0.3) is 0 Å².